The van der Waals surface area contributed by atoms with Gasteiger partial charge in [-0.1, -0.05) is 13.8 Å². The van der Waals surface area contributed by atoms with Crippen LogP contribution in [-0.4, -0.2) is 56.9 Å². The lowest BCUT2D eigenvalue weighted by Crippen LogP contribution is -2.43. The summed E-state index contributed by atoms with van der Waals surface area (Å²) in [5.74, 6) is 3.51. The van der Waals surface area contributed by atoms with Gasteiger partial charge in [0.05, 0.1) is 23.9 Å². The number of methoxy groups -OCH3 is 1. The van der Waals surface area contributed by atoms with E-state index in [1.165, 1.54) is 0 Å². The maximum atomic E-state index is 5.97. The molecule has 9 nitrogen and oxygen atoms in total. The number of anilines is 3. The third kappa shape index (κ3) is 5.31. The maximum Gasteiger partial charge on any atom is 0.227 e. The number of nitrogens with one attached hydrogen (secondary N) is 1. The molecule has 4 rings (SSSR count). The third-order valence-electron chi connectivity index (χ3n) is 6.55. The predicted octanol–water partition coefficient (Wildman–Crippen LogP) is 4.72. The summed E-state index contributed by atoms with van der Waals surface area (Å²) in [4.78, 5) is 20.9. The number of rotatable bonds is 9. The van der Waals surface area contributed by atoms with Crippen molar-refractivity contribution in [3.63, 3.8) is 0 Å². The van der Waals surface area contributed by atoms with Crippen molar-refractivity contribution in [2.24, 2.45) is 5.92 Å². The van der Waals surface area contributed by atoms with Crippen molar-refractivity contribution in [3.8, 4) is 0 Å². The lowest BCUT2D eigenvalue weighted by molar-refractivity contribution is 0.0442. The largest absolute Gasteiger partial charge is 0.381 e. The number of fused-ring (bicyclic) bond motifs is 1. The first-order valence-corrected chi connectivity index (χ1v) is 12.3. The van der Waals surface area contributed by atoms with Gasteiger partial charge in [0, 0.05) is 38.5 Å². The Kier molecular flexibility index (Phi) is 7.63. The van der Waals surface area contributed by atoms with Crippen LogP contribution in [0.1, 0.15) is 59.3 Å². The topological polar surface area (TPSA) is 90.2 Å². The second kappa shape index (κ2) is 10.7. The molecule has 34 heavy (non-hydrogen) atoms. The Morgan fingerprint density at radius 2 is 2.00 bits per heavy atom. The van der Waals surface area contributed by atoms with Gasteiger partial charge in [-0.15, -0.1) is 0 Å². The summed E-state index contributed by atoms with van der Waals surface area (Å²) in [5, 5.41) is 3.36. The Bertz CT molecular complexity index is 1100. The zero-order valence-corrected chi connectivity index (χ0v) is 21.2. The standard InChI is InChI=1S/C25H37N7O2/c1-7-18(5)34-15-24-28-19-13-27-23(12-20(19)32(24)16(2)3)29-22-8-10-26-25(30-22)31-11-9-21(33-6)17(4)14-31/h8,10,12-13,16-18,21H,7,9,11,14-15H2,1-6H3,(H,26,27,29,30)/t17-,18?,21+/m0/s1. The minimum Gasteiger partial charge on any atom is -0.381 e. The van der Waals surface area contributed by atoms with Crippen LogP contribution in [0.15, 0.2) is 24.5 Å². The van der Waals surface area contributed by atoms with Gasteiger partial charge in [0.2, 0.25) is 5.95 Å². The number of pyridine rings is 1. The van der Waals surface area contributed by atoms with Crippen LogP contribution in [0.2, 0.25) is 0 Å². The number of hydrogen-bond donors (Lipinski definition) is 1. The number of imidazole rings is 1. The van der Waals surface area contributed by atoms with Crippen molar-refractivity contribution in [2.75, 3.05) is 30.4 Å². The number of ether oxygens (including phenoxy) is 2. The van der Waals surface area contributed by atoms with E-state index in [2.05, 4.69) is 59.4 Å². The summed E-state index contributed by atoms with van der Waals surface area (Å²) in [6.07, 6.45) is 6.04. The van der Waals surface area contributed by atoms with Gasteiger partial charge in [0.15, 0.2) is 0 Å². The molecule has 4 heterocycles. The monoisotopic (exact) mass is 467 g/mol. The Morgan fingerprint density at radius 3 is 2.71 bits per heavy atom. The van der Waals surface area contributed by atoms with E-state index in [1.54, 1.807) is 13.3 Å². The molecule has 1 saturated heterocycles. The molecule has 0 amide bonds. The lowest BCUT2D eigenvalue weighted by atomic mass is 9.97. The van der Waals surface area contributed by atoms with E-state index in [0.29, 0.717) is 24.4 Å². The second-order valence-electron chi connectivity index (χ2n) is 9.43. The van der Waals surface area contributed by atoms with Crippen molar-refractivity contribution in [1.82, 2.24) is 24.5 Å². The molecular weight excluding hydrogens is 430 g/mol. The SMILES string of the molecule is CCC(C)OCc1nc2cnc(Nc3ccnc(N4CC[C@@H](OC)[C@@H](C)C4)n3)cc2n1C(C)C. The fraction of sp³-hybridized carbons (Fsp3) is 0.600. The predicted molar refractivity (Wildman–Crippen MR) is 135 cm³/mol. The van der Waals surface area contributed by atoms with E-state index >= 15 is 0 Å². The minimum atomic E-state index is 0.200. The highest BCUT2D eigenvalue weighted by atomic mass is 16.5. The van der Waals surface area contributed by atoms with Crippen molar-refractivity contribution < 1.29 is 9.47 Å². The van der Waals surface area contributed by atoms with E-state index in [9.17, 15) is 0 Å². The van der Waals surface area contributed by atoms with Crippen molar-refractivity contribution in [2.45, 2.75) is 72.3 Å². The molecular formula is C25H37N7O2. The minimum absolute atomic E-state index is 0.200. The van der Waals surface area contributed by atoms with E-state index in [-0.39, 0.29) is 12.1 Å². The molecule has 0 bridgehead atoms. The van der Waals surface area contributed by atoms with Crippen LogP contribution in [0.4, 0.5) is 17.6 Å². The Morgan fingerprint density at radius 1 is 1.18 bits per heavy atom. The molecule has 9 heteroatoms. The molecule has 1 N–H and O–H groups in total. The summed E-state index contributed by atoms with van der Waals surface area (Å²) >= 11 is 0. The van der Waals surface area contributed by atoms with E-state index in [4.69, 9.17) is 19.4 Å². The summed E-state index contributed by atoms with van der Waals surface area (Å²) in [6.45, 7) is 13.0. The summed E-state index contributed by atoms with van der Waals surface area (Å²) in [7, 11) is 1.79. The molecule has 0 saturated carbocycles. The molecule has 3 aromatic heterocycles. The zero-order valence-electron chi connectivity index (χ0n) is 21.2. The van der Waals surface area contributed by atoms with Crippen LogP contribution in [0.5, 0.6) is 0 Å². The molecule has 1 unspecified atom stereocenters. The summed E-state index contributed by atoms with van der Waals surface area (Å²) in [6, 6.07) is 4.15. The van der Waals surface area contributed by atoms with Gasteiger partial charge >= 0.3 is 0 Å². The van der Waals surface area contributed by atoms with E-state index < -0.39 is 0 Å². The quantitative estimate of drug-likeness (QED) is 0.483. The highest BCUT2D eigenvalue weighted by Gasteiger charge is 2.27. The van der Waals surface area contributed by atoms with Crippen molar-refractivity contribution in [3.05, 3.63) is 30.4 Å². The second-order valence-corrected chi connectivity index (χ2v) is 9.43. The van der Waals surface area contributed by atoms with E-state index in [1.807, 2.05) is 18.3 Å². The molecule has 184 valence electrons. The van der Waals surface area contributed by atoms with Gasteiger partial charge in [-0.05, 0) is 45.6 Å². The zero-order chi connectivity index (χ0) is 24.2. The lowest BCUT2D eigenvalue weighted by Gasteiger charge is -2.36. The van der Waals surface area contributed by atoms with Crippen LogP contribution in [0.25, 0.3) is 11.0 Å². The molecule has 0 spiro atoms. The molecule has 1 fully saturated rings. The van der Waals surface area contributed by atoms with Crippen LogP contribution in [0, 0.1) is 5.92 Å². The van der Waals surface area contributed by atoms with Crippen LogP contribution in [-0.2, 0) is 16.1 Å². The Balaban J connectivity index is 1.54. The third-order valence-corrected chi connectivity index (χ3v) is 6.55. The van der Waals surface area contributed by atoms with Crippen molar-refractivity contribution >= 4 is 28.6 Å². The van der Waals surface area contributed by atoms with Gasteiger partial charge in [-0.3, -0.25) is 0 Å². The molecule has 0 radical (unpaired) electrons. The summed E-state index contributed by atoms with van der Waals surface area (Å²) in [5.41, 5.74) is 1.89. The van der Waals surface area contributed by atoms with Gasteiger partial charge in [0.1, 0.15) is 29.6 Å². The number of aromatic nitrogens is 5. The molecule has 3 atom stereocenters. The molecule has 1 aliphatic rings. The fourth-order valence-corrected chi connectivity index (χ4v) is 4.49. The van der Waals surface area contributed by atoms with Crippen molar-refractivity contribution in [1.29, 1.82) is 0 Å². The first-order valence-electron chi connectivity index (χ1n) is 12.3. The number of hydrogen-bond acceptors (Lipinski definition) is 8. The molecule has 3 aromatic rings. The van der Waals surface area contributed by atoms with E-state index in [0.717, 1.165) is 54.6 Å². The Labute approximate surface area is 201 Å². The maximum absolute atomic E-state index is 5.97. The van der Waals surface area contributed by atoms with Crippen LogP contribution < -0.4 is 10.2 Å². The molecule has 1 aliphatic heterocycles. The first-order chi connectivity index (χ1) is 16.4. The van der Waals surface area contributed by atoms with Gasteiger partial charge in [-0.2, -0.15) is 4.98 Å². The highest BCUT2D eigenvalue weighted by Crippen LogP contribution is 2.26. The fourth-order valence-electron chi connectivity index (χ4n) is 4.49. The number of piperidine rings is 1. The first kappa shape index (κ1) is 24.3. The highest BCUT2D eigenvalue weighted by molar-refractivity contribution is 5.79. The molecule has 0 aromatic carbocycles. The Hall–Kier alpha value is -2.78. The average Bonchev–Trinajstić information content (AvgIpc) is 3.20. The summed E-state index contributed by atoms with van der Waals surface area (Å²) < 4.78 is 13.8. The molecule has 0 aliphatic carbocycles. The normalized spacial score (nSPS) is 19.7. The van der Waals surface area contributed by atoms with Crippen LogP contribution in [0.3, 0.4) is 0 Å². The number of nitrogens with zero attached hydrogens (tertiary/aromatic N) is 6. The van der Waals surface area contributed by atoms with Crippen LogP contribution >= 0.6 is 0 Å². The van der Waals surface area contributed by atoms with Gasteiger partial charge in [0.25, 0.3) is 0 Å². The average molecular weight is 468 g/mol. The van der Waals surface area contributed by atoms with Gasteiger partial charge < -0.3 is 24.3 Å². The van der Waals surface area contributed by atoms with Gasteiger partial charge in [-0.25, -0.2) is 15.0 Å². The smallest absolute Gasteiger partial charge is 0.227 e.